The molecule has 1 aromatic carbocycles. The van der Waals surface area contributed by atoms with Gasteiger partial charge >= 0.3 is 0 Å². The van der Waals surface area contributed by atoms with Gasteiger partial charge in [0.1, 0.15) is 0 Å². The fourth-order valence-corrected chi connectivity index (χ4v) is 2.92. The monoisotopic (exact) mass is 290 g/mol. The van der Waals surface area contributed by atoms with Crippen LogP contribution >= 0.6 is 0 Å². The average Bonchev–Trinajstić information content (AvgIpc) is 2.92. The van der Waals surface area contributed by atoms with Gasteiger partial charge < -0.3 is 9.64 Å². The molecule has 0 radical (unpaired) electrons. The minimum absolute atomic E-state index is 0.179. The van der Waals surface area contributed by atoms with E-state index in [-0.39, 0.29) is 5.91 Å². The molecule has 1 saturated heterocycles. The first-order chi connectivity index (χ1) is 10.2. The average molecular weight is 290 g/mol. The Kier molecular flexibility index (Phi) is 6.21. The van der Waals surface area contributed by atoms with Crippen molar-refractivity contribution < 1.29 is 9.53 Å². The molecule has 4 nitrogen and oxygen atoms in total. The summed E-state index contributed by atoms with van der Waals surface area (Å²) in [5.74, 6) is 0.767. The molecule has 116 valence electrons. The molecule has 1 aliphatic heterocycles. The van der Waals surface area contributed by atoms with Gasteiger partial charge in [-0.1, -0.05) is 30.3 Å². The lowest BCUT2D eigenvalue weighted by Crippen LogP contribution is -2.33. The predicted molar refractivity (Wildman–Crippen MR) is 84.0 cm³/mol. The molecule has 21 heavy (non-hydrogen) atoms. The Balaban J connectivity index is 1.73. The van der Waals surface area contributed by atoms with Crippen molar-refractivity contribution in [2.24, 2.45) is 5.92 Å². The molecule has 0 bridgehead atoms. The number of benzene rings is 1. The number of nitrogens with zero attached hydrogens (tertiary/aromatic N) is 2. The van der Waals surface area contributed by atoms with Crippen LogP contribution < -0.4 is 0 Å². The molecule has 1 heterocycles. The Bertz CT molecular complexity index is 436. The lowest BCUT2D eigenvalue weighted by Gasteiger charge is -2.22. The second-order valence-corrected chi connectivity index (χ2v) is 5.89. The Hall–Kier alpha value is -1.39. The van der Waals surface area contributed by atoms with Crippen molar-refractivity contribution in [1.29, 1.82) is 0 Å². The number of rotatable bonds is 7. The van der Waals surface area contributed by atoms with E-state index in [0.29, 0.717) is 18.9 Å². The van der Waals surface area contributed by atoms with Gasteiger partial charge in [-0.25, -0.2) is 0 Å². The van der Waals surface area contributed by atoms with Gasteiger partial charge in [0.25, 0.3) is 0 Å². The van der Waals surface area contributed by atoms with Gasteiger partial charge in [-0.05, 0) is 24.4 Å². The van der Waals surface area contributed by atoms with Crippen LogP contribution in [-0.2, 0) is 16.1 Å². The van der Waals surface area contributed by atoms with Crippen LogP contribution in [0, 0.1) is 5.92 Å². The van der Waals surface area contributed by atoms with Crippen LogP contribution in [0.15, 0.2) is 30.3 Å². The SMILES string of the molecule is COCCC(=O)N(C)CC1CCN(Cc2ccccc2)C1. The van der Waals surface area contributed by atoms with Crippen LogP contribution in [0.4, 0.5) is 0 Å². The van der Waals surface area contributed by atoms with Gasteiger partial charge in [0.05, 0.1) is 13.0 Å². The van der Waals surface area contributed by atoms with E-state index in [1.807, 2.05) is 11.9 Å². The third-order valence-electron chi connectivity index (χ3n) is 4.10. The molecule has 0 aliphatic carbocycles. The first-order valence-electron chi connectivity index (χ1n) is 7.68. The third-order valence-corrected chi connectivity index (χ3v) is 4.10. The Morgan fingerprint density at radius 1 is 1.38 bits per heavy atom. The number of carbonyl (C=O) groups is 1. The van der Waals surface area contributed by atoms with Gasteiger partial charge in [0.2, 0.25) is 5.91 Å². The van der Waals surface area contributed by atoms with Crippen LogP contribution in [0.5, 0.6) is 0 Å². The van der Waals surface area contributed by atoms with Crippen molar-refractivity contribution >= 4 is 5.91 Å². The fourth-order valence-electron chi connectivity index (χ4n) is 2.92. The summed E-state index contributed by atoms with van der Waals surface area (Å²) in [6.45, 7) is 4.58. The normalized spacial score (nSPS) is 18.9. The van der Waals surface area contributed by atoms with Crippen molar-refractivity contribution in [2.45, 2.75) is 19.4 Å². The standard InChI is InChI=1S/C17H26N2O2/c1-18(17(20)9-11-21-2)12-16-8-10-19(14-16)13-15-6-4-3-5-7-15/h3-7,16H,8-14H2,1-2H3. The highest BCUT2D eigenvalue weighted by Crippen LogP contribution is 2.19. The smallest absolute Gasteiger partial charge is 0.224 e. The maximum atomic E-state index is 11.9. The highest BCUT2D eigenvalue weighted by atomic mass is 16.5. The van der Waals surface area contributed by atoms with Crippen LogP contribution in [0.25, 0.3) is 0 Å². The van der Waals surface area contributed by atoms with E-state index in [9.17, 15) is 4.79 Å². The predicted octanol–water partition coefficient (Wildman–Crippen LogP) is 2.00. The van der Waals surface area contributed by atoms with Crippen LogP contribution in [0.2, 0.25) is 0 Å². The Morgan fingerprint density at radius 3 is 2.86 bits per heavy atom. The van der Waals surface area contributed by atoms with Crippen molar-refractivity contribution in [1.82, 2.24) is 9.80 Å². The van der Waals surface area contributed by atoms with Crippen LogP contribution in [0.1, 0.15) is 18.4 Å². The number of amides is 1. The molecule has 4 heteroatoms. The second kappa shape index (κ2) is 8.15. The third kappa shape index (κ3) is 5.14. The molecule has 1 aliphatic rings. The van der Waals surface area contributed by atoms with Crippen molar-refractivity contribution in [3.63, 3.8) is 0 Å². The second-order valence-electron chi connectivity index (χ2n) is 5.89. The lowest BCUT2D eigenvalue weighted by molar-refractivity contribution is -0.131. The fraction of sp³-hybridized carbons (Fsp3) is 0.588. The van der Waals surface area contributed by atoms with Gasteiger partial charge in [-0.3, -0.25) is 9.69 Å². The summed E-state index contributed by atoms with van der Waals surface area (Å²) in [6.07, 6.45) is 1.65. The summed E-state index contributed by atoms with van der Waals surface area (Å²) in [5.41, 5.74) is 1.36. The van der Waals surface area contributed by atoms with Gasteiger partial charge in [-0.2, -0.15) is 0 Å². The van der Waals surface area contributed by atoms with Crippen molar-refractivity contribution in [2.75, 3.05) is 40.4 Å². The highest BCUT2D eigenvalue weighted by Gasteiger charge is 2.24. The molecule has 0 N–H and O–H groups in total. The maximum absolute atomic E-state index is 11.9. The molecule has 0 saturated carbocycles. The zero-order chi connectivity index (χ0) is 15.1. The van der Waals surface area contributed by atoms with E-state index >= 15 is 0 Å². The summed E-state index contributed by atoms with van der Waals surface area (Å²) in [5, 5.41) is 0. The minimum Gasteiger partial charge on any atom is -0.384 e. The molecular weight excluding hydrogens is 264 g/mol. The molecule has 1 atom stereocenters. The number of methoxy groups -OCH3 is 1. The van der Waals surface area contributed by atoms with Gasteiger partial charge in [0.15, 0.2) is 0 Å². The molecule has 0 spiro atoms. The van der Waals surface area contributed by atoms with E-state index in [4.69, 9.17) is 4.74 Å². The first-order valence-corrected chi connectivity index (χ1v) is 7.68. The Morgan fingerprint density at radius 2 is 2.14 bits per heavy atom. The van der Waals surface area contributed by atoms with E-state index in [2.05, 4.69) is 35.2 Å². The number of ether oxygens (including phenoxy) is 1. The number of carbonyl (C=O) groups excluding carboxylic acids is 1. The summed E-state index contributed by atoms with van der Waals surface area (Å²) in [6, 6.07) is 10.6. The molecule has 0 aromatic heterocycles. The van der Waals surface area contributed by atoms with E-state index < -0.39 is 0 Å². The topological polar surface area (TPSA) is 32.8 Å². The largest absolute Gasteiger partial charge is 0.384 e. The quantitative estimate of drug-likeness (QED) is 0.770. The van der Waals surface area contributed by atoms with Crippen LogP contribution in [-0.4, -0.2) is 56.1 Å². The van der Waals surface area contributed by atoms with Crippen molar-refractivity contribution in [3.8, 4) is 0 Å². The number of likely N-dealkylation sites (tertiary alicyclic amines) is 1. The zero-order valence-corrected chi connectivity index (χ0v) is 13.1. The van der Waals surface area contributed by atoms with Crippen LogP contribution in [0.3, 0.4) is 0 Å². The maximum Gasteiger partial charge on any atom is 0.224 e. The highest BCUT2D eigenvalue weighted by molar-refractivity contribution is 5.75. The Labute approximate surface area is 127 Å². The summed E-state index contributed by atoms with van der Waals surface area (Å²) >= 11 is 0. The summed E-state index contributed by atoms with van der Waals surface area (Å²) in [4.78, 5) is 16.2. The molecule has 1 aromatic rings. The minimum atomic E-state index is 0.179. The summed E-state index contributed by atoms with van der Waals surface area (Å²) in [7, 11) is 3.53. The number of hydrogen-bond acceptors (Lipinski definition) is 3. The molecular formula is C17H26N2O2. The first kappa shape index (κ1) is 16.0. The molecule has 2 rings (SSSR count). The lowest BCUT2D eigenvalue weighted by atomic mass is 10.1. The van der Waals surface area contributed by atoms with E-state index in [1.54, 1.807) is 7.11 Å². The van der Waals surface area contributed by atoms with E-state index in [1.165, 1.54) is 12.0 Å². The van der Waals surface area contributed by atoms with Gasteiger partial charge in [-0.15, -0.1) is 0 Å². The van der Waals surface area contributed by atoms with Gasteiger partial charge in [0, 0.05) is 33.8 Å². The zero-order valence-electron chi connectivity index (χ0n) is 13.1. The molecule has 1 unspecified atom stereocenters. The molecule has 1 fully saturated rings. The molecule has 1 amide bonds. The number of hydrogen-bond donors (Lipinski definition) is 0. The summed E-state index contributed by atoms with van der Waals surface area (Å²) < 4.78 is 4.96. The van der Waals surface area contributed by atoms with Crippen molar-refractivity contribution in [3.05, 3.63) is 35.9 Å². The van der Waals surface area contributed by atoms with E-state index in [0.717, 1.165) is 26.2 Å².